The van der Waals surface area contributed by atoms with E-state index in [2.05, 4.69) is 21.1 Å². The van der Waals surface area contributed by atoms with E-state index in [-0.39, 0.29) is 11.7 Å². The van der Waals surface area contributed by atoms with Crippen molar-refractivity contribution in [1.29, 1.82) is 0 Å². The third-order valence-electron chi connectivity index (χ3n) is 7.04. The molecule has 1 aromatic heterocycles. The molecule has 0 N–H and O–H groups in total. The number of nitrogens with zero attached hydrogens (tertiary/aromatic N) is 5. The number of carbonyl (C=O) groups excluding carboxylic acids is 1. The largest absolute Gasteiger partial charge is 0.495 e. The highest BCUT2D eigenvalue weighted by Crippen LogP contribution is 2.37. The Balaban J connectivity index is 1.41. The van der Waals surface area contributed by atoms with Crippen LogP contribution in [0.2, 0.25) is 0 Å². The van der Waals surface area contributed by atoms with E-state index in [9.17, 15) is 9.18 Å². The number of ether oxygens (including phenoxy) is 1. The van der Waals surface area contributed by atoms with Crippen LogP contribution in [0.15, 0.2) is 95.9 Å². The minimum atomic E-state index is -0.641. The van der Waals surface area contributed by atoms with Crippen molar-refractivity contribution >= 4 is 23.5 Å². The topological polar surface area (TPSA) is 63.0 Å². The minimum Gasteiger partial charge on any atom is -0.495 e. The van der Waals surface area contributed by atoms with Gasteiger partial charge in [-0.2, -0.15) is 4.99 Å². The molecule has 1 fully saturated rings. The van der Waals surface area contributed by atoms with Crippen LogP contribution in [0, 0.1) is 12.7 Å². The molecule has 0 bridgehead atoms. The zero-order chi connectivity index (χ0) is 26.9. The van der Waals surface area contributed by atoms with Gasteiger partial charge >= 0.3 is 0 Å². The molecule has 2 aliphatic rings. The van der Waals surface area contributed by atoms with Crippen molar-refractivity contribution in [3.63, 3.8) is 0 Å². The lowest BCUT2D eigenvalue weighted by molar-refractivity contribution is -0.120. The summed E-state index contributed by atoms with van der Waals surface area (Å²) in [5, 5.41) is 4.01. The number of imidazole rings is 1. The number of hydrogen-bond donors (Lipinski definition) is 0. The molecular formula is C31H28FN5O2. The van der Waals surface area contributed by atoms with E-state index in [0.29, 0.717) is 18.1 Å². The Morgan fingerprint density at radius 3 is 2.56 bits per heavy atom. The Labute approximate surface area is 226 Å². The number of methoxy groups -OCH3 is 1. The first-order chi connectivity index (χ1) is 19.0. The summed E-state index contributed by atoms with van der Waals surface area (Å²) < 4.78 is 21.5. The van der Waals surface area contributed by atoms with Crippen LogP contribution in [0.3, 0.4) is 0 Å². The average molecular weight is 522 g/mol. The van der Waals surface area contributed by atoms with Crippen LogP contribution >= 0.6 is 0 Å². The van der Waals surface area contributed by atoms with Crippen molar-refractivity contribution < 1.29 is 13.9 Å². The fraction of sp³-hybridized carbons (Fsp3) is 0.194. The van der Waals surface area contributed by atoms with Gasteiger partial charge in [-0.1, -0.05) is 36.4 Å². The van der Waals surface area contributed by atoms with Crippen LogP contribution in [-0.4, -0.2) is 40.0 Å². The van der Waals surface area contributed by atoms with Gasteiger partial charge in [-0.25, -0.2) is 9.37 Å². The number of aliphatic imine (C=N–C) groups is 1. The van der Waals surface area contributed by atoms with Gasteiger partial charge in [0.25, 0.3) is 5.91 Å². The number of hydrazine groups is 1. The second kappa shape index (κ2) is 10.2. The molecule has 0 radical (unpaired) electrons. The van der Waals surface area contributed by atoms with Crippen LogP contribution in [0.25, 0.3) is 11.8 Å². The molecule has 8 heteroatoms. The van der Waals surface area contributed by atoms with Gasteiger partial charge in [0.2, 0.25) is 0 Å². The van der Waals surface area contributed by atoms with Gasteiger partial charge in [0.1, 0.15) is 11.6 Å². The SMILES string of the molecule is COc1cc(C=C2CCCN3C2=NC(=O)C(c2ccccc2)N3c2ccc(F)cc2)ccc1-n1cnc(C)c1. The van der Waals surface area contributed by atoms with Crippen molar-refractivity contribution in [3.05, 3.63) is 114 Å². The van der Waals surface area contributed by atoms with E-state index in [1.54, 1.807) is 25.6 Å². The highest BCUT2D eigenvalue weighted by Gasteiger charge is 2.40. The molecule has 6 rings (SSSR count). The van der Waals surface area contributed by atoms with Crippen LogP contribution < -0.4 is 9.75 Å². The van der Waals surface area contributed by atoms with Gasteiger partial charge < -0.3 is 9.30 Å². The van der Waals surface area contributed by atoms with Crippen molar-refractivity contribution in [1.82, 2.24) is 14.6 Å². The molecule has 3 heterocycles. The lowest BCUT2D eigenvalue weighted by atomic mass is 9.98. The van der Waals surface area contributed by atoms with E-state index in [4.69, 9.17) is 4.74 Å². The van der Waals surface area contributed by atoms with E-state index >= 15 is 0 Å². The minimum absolute atomic E-state index is 0.256. The Kier molecular flexibility index (Phi) is 6.44. The Morgan fingerprint density at radius 2 is 1.85 bits per heavy atom. The molecule has 0 aliphatic carbocycles. The molecule has 196 valence electrons. The first-order valence-corrected chi connectivity index (χ1v) is 12.9. The summed E-state index contributed by atoms with van der Waals surface area (Å²) in [7, 11) is 1.65. The fourth-order valence-corrected chi connectivity index (χ4v) is 5.24. The van der Waals surface area contributed by atoms with E-state index in [1.165, 1.54) is 12.1 Å². The van der Waals surface area contributed by atoms with Crippen LogP contribution in [-0.2, 0) is 4.79 Å². The monoisotopic (exact) mass is 521 g/mol. The van der Waals surface area contributed by atoms with Crippen molar-refractivity contribution in [3.8, 4) is 11.4 Å². The van der Waals surface area contributed by atoms with Gasteiger partial charge in [-0.05, 0) is 78.9 Å². The number of aromatic nitrogens is 2. The number of halogens is 1. The molecular weight excluding hydrogens is 493 g/mol. The summed E-state index contributed by atoms with van der Waals surface area (Å²) in [6.07, 6.45) is 7.43. The second-order valence-electron chi connectivity index (χ2n) is 9.66. The highest BCUT2D eigenvalue weighted by atomic mass is 19.1. The Bertz CT molecular complexity index is 1580. The standard InChI is InChI=1S/C31H28FN5O2/c1-21-19-35(20-33-21)27-15-10-22(18-28(27)39-2)17-24-9-6-16-36-30(24)34-31(38)29(23-7-4-3-5-8-23)37(36)26-13-11-25(32)12-14-26/h3-5,7-8,10-15,17-20,29H,6,9,16H2,1-2H3. The van der Waals surface area contributed by atoms with Crippen LogP contribution in [0.4, 0.5) is 10.1 Å². The van der Waals surface area contributed by atoms with Gasteiger partial charge in [0, 0.05) is 12.7 Å². The molecule has 1 saturated heterocycles. The lowest BCUT2D eigenvalue weighted by Gasteiger charge is -2.47. The van der Waals surface area contributed by atoms with Crippen molar-refractivity contribution in [2.75, 3.05) is 18.7 Å². The molecule has 39 heavy (non-hydrogen) atoms. The lowest BCUT2D eigenvalue weighted by Crippen LogP contribution is -2.56. The number of amidine groups is 1. The summed E-state index contributed by atoms with van der Waals surface area (Å²) >= 11 is 0. The fourth-order valence-electron chi connectivity index (χ4n) is 5.24. The Hall–Kier alpha value is -4.72. The number of piperidine rings is 1. The van der Waals surface area contributed by atoms with E-state index < -0.39 is 6.04 Å². The van der Waals surface area contributed by atoms with Gasteiger partial charge in [0.05, 0.1) is 30.5 Å². The third-order valence-corrected chi connectivity index (χ3v) is 7.04. The summed E-state index contributed by atoms with van der Waals surface area (Å²) in [5.74, 6) is 0.756. The van der Waals surface area contributed by atoms with Gasteiger partial charge in [-0.3, -0.25) is 14.8 Å². The van der Waals surface area contributed by atoms with Gasteiger partial charge in [-0.15, -0.1) is 0 Å². The molecule has 1 amide bonds. The summed E-state index contributed by atoms with van der Waals surface area (Å²) in [5.41, 5.74) is 5.28. The maximum absolute atomic E-state index is 13.8. The molecule has 3 aromatic carbocycles. The first-order valence-electron chi connectivity index (χ1n) is 12.9. The maximum atomic E-state index is 13.8. The predicted molar refractivity (Wildman–Crippen MR) is 149 cm³/mol. The number of benzene rings is 3. The molecule has 4 aromatic rings. The molecule has 0 saturated carbocycles. The third kappa shape index (κ3) is 4.69. The number of carbonyl (C=O) groups is 1. The summed E-state index contributed by atoms with van der Waals surface area (Å²) in [4.78, 5) is 22.6. The molecule has 1 unspecified atom stereocenters. The predicted octanol–water partition coefficient (Wildman–Crippen LogP) is 5.91. The normalized spacial score (nSPS) is 18.2. The Morgan fingerprint density at radius 1 is 1.05 bits per heavy atom. The molecule has 1 atom stereocenters. The molecule has 0 spiro atoms. The van der Waals surface area contributed by atoms with Crippen LogP contribution in [0.5, 0.6) is 5.75 Å². The maximum Gasteiger partial charge on any atom is 0.277 e. The first kappa shape index (κ1) is 24.6. The molecule has 2 aliphatic heterocycles. The molecule has 7 nitrogen and oxygen atoms in total. The number of anilines is 1. The van der Waals surface area contributed by atoms with E-state index in [1.807, 2.05) is 71.2 Å². The number of amides is 1. The highest BCUT2D eigenvalue weighted by molar-refractivity contribution is 6.12. The quantitative estimate of drug-likeness (QED) is 0.327. The van der Waals surface area contributed by atoms with E-state index in [0.717, 1.165) is 46.6 Å². The van der Waals surface area contributed by atoms with Gasteiger partial charge in [0.15, 0.2) is 11.9 Å². The van der Waals surface area contributed by atoms with Crippen molar-refractivity contribution in [2.24, 2.45) is 4.99 Å². The van der Waals surface area contributed by atoms with Crippen LogP contribution in [0.1, 0.15) is 35.7 Å². The number of aryl methyl sites for hydroxylation is 1. The van der Waals surface area contributed by atoms with Crippen molar-refractivity contribution in [2.45, 2.75) is 25.8 Å². The zero-order valence-corrected chi connectivity index (χ0v) is 21.8. The number of fused-ring (bicyclic) bond motifs is 1. The summed E-state index contributed by atoms with van der Waals surface area (Å²) in [6, 6.07) is 21.2. The smallest absolute Gasteiger partial charge is 0.277 e. The number of rotatable bonds is 5. The second-order valence-corrected chi connectivity index (χ2v) is 9.66. The summed E-state index contributed by atoms with van der Waals surface area (Å²) in [6.45, 7) is 2.63. The number of hydrogen-bond acceptors (Lipinski definition) is 5. The zero-order valence-electron chi connectivity index (χ0n) is 21.8. The average Bonchev–Trinajstić information content (AvgIpc) is 3.39.